The first kappa shape index (κ1) is 24.0. The van der Waals surface area contributed by atoms with Crippen molar-refractivity contribution in [2.75, 3.05) is 24.7 Å². The van der Waals surface area contributed by atoms with Crippen LogP contribution in [0, 0.1) is 6.92 Å². The largest absolute Gasteiger partial charge is 0.507 e. The van der Waals surface area contributed by atoms with E-state index in [0.717, 1.165) is 15.8 Å². The lowest BCUT2D eigenvalue weighted by Crippen LogP contribution is -2.29. The molecule has 192 valence electrons. The van der Waals surface area contributed by atoms with Gasteiger partial charge in [0.05, 0.1) is 28.4 Å². The molecule has 2 aliphatic rings. The highest BCUT2D eigenvalue weighted by Gasteiger charge is 2.48. The monoisotopic (exact) mass is 528 g/mol. The van der Waals surface area contributed by atoms with Crippen molar-refractivity contribution in [3.05, 3.63) is 82.9 Å². The number of amides is 1. The Labute approximate surface area is 222 Å². The molecule has 1 N–H and O–H groups in total. The summed E-state index contributed by atoms with van der Waals surface area (Å²) in [5, 5.41) is 11.8. The Kier molecular flexibility index (Phi) is 6.00. The minimum Gasteiger partial charge on any atom is -0.507 e. The van der Waals surface area contributed by atoms with Crippen LogP contribution in [0.3, 0.4) is 0 Å². The highest BCUT2D eigenvalue weighted by molar-refractivity contribution is 7.22. The Morgan fingerprint density at radius 1 is 1.05 bits per heavy atom. The Bertz CT molecular complexity index is 1610. The Balaban J connectivity index is 1.52. The fourth-order valence-electron chi connectivity index (χ4n) is 4.73. The number of carbonyl (C=O) groups excluding carboxylic acids is 2. The quantitative estimate of drug-likeness (QED) is 0.210. The number of aryl methyl sites for hydroxylation is 1. The van der Waals surface area contributed by atoms with E-state index in [9.17, 15) is 14.7 Å². The number of anilines is 1. The summed E-state index contributed by atoms with van der Waals surface area (Å²) in [5.74, 6) is -0.144. The maximum atomic E-state index is 13.5. The number of fused-ring (bicyclic) bond motifs is 2. The molecule has 0 unspecified atom stereocenters. The van der Waals surface area contributed by atoms with E-state index in [1.54, 1.807) is 42.5 Å². The van der Waals surface area contributed by atoms with Crippen LogP contribution >= 0.6 is 11.3 Å². The lowest BCUT2D eigenvalue weighted by Gasteiger charge is -2.23. The van der Waals surface area contributed by atoms with Gasteiger partial charge in [-0.05, 0) is 67.4 Å². The summed E-state index contributed by atoms with van der Waals surface area (Å²) in [7, 11) is 0. The van der Waals surface area contributed by atoms with Gasteiger partial charge in [-0.3, -0.25) is 14.5 Å². The maximum Gasteiger partial charge on any atom is 0.301 e. The van der Waals surface area contributed by atoms with E-state index in [-0.39, 0.29) is 11.3 Å². The van der Waals surface area contributed by atoms with Crippen LogP contribution in [0.15, 0.2) is 66.2 Å². The third-order valence-corrected chi connectivity index (χ3v) is 7.52. The van der Waals surface area contributed by atoms with Crippen LogP contribution in [0.1, 0.15) is 29.7 Å². The van der Waals surface area contributed by atoms with Crippen molar-refractivity contribution in [1.29, 1.82) is 0 Å². The highest BCUT2D eigenvalue weighted by Crippen LogP contribution is 2.45. The number of ketones is 1. The van der Waals surface area contributed by atoms with Crippen molar-refractivity contribution < 1.29 is 28.9 Å². The molecule has 4 aromatic rings. The van der Waals surface area contributed by atoms with Crippen LogP contribution in [0.5, 0.6) is 17.2 Å². The minimum atomic E-state index is -0.888. The fraction of sp³-hybridized carbons (Fsp3) is 0.207. The molecule has 0 aliphatic carbocycles. The van der Waals surface area contributed by atoms with Crippen LogP contribution < -0.4 is 19.1 Å². The van der Waals surface area contributed by atoms with Gasteiger partial charge in [-0.15, -0.1) is 0 Å². The van der Waals surface area contributed by atoms with Crippen molar-refractivity contribution in [2.24, 2.45) is 0 Å². The topological polar surface area (TPSA) is 98.2 Å². The molecule has 9 heteroatoms. The molecule has 3 heterocycles. The second kappa shape index (κ2) is 9.50. The predicted molar refractivity (Wildman–Crippen MR) is 144 cm³/mol. The van der Waals surface area contributed by atoms with Gasteiger partial charge in [0.2, 0.25) is 0 Å². The van der Waals surface area contributed by atoms with E-state index in [1.165, 1.54) is 16.2 Å². The number of hydrogen-bond donors (Lipinski definition) is 1. The number of hydrogen-bond acceptors (Lipinski definition) is 8. The second-order valence-electron chi connectivity index (χ2n) is 9.00. The maximum absolute atomic E-state index is 13.5. The average Bonchev–Trinajstić information content (AvgIpc) is 3.46. The molecule has 1 atom stereocenters. The molecule has 2 aliphatic heterocycles. The molecular weight excluding hydrogens is 504 g/mol. The third-order valence-electron chi connectivity index (χ3n) is 6.51. The molecule has 0 radical (unpaired) electrons. The van der Waals surface area contributed by atoms with Gasteiger partial charge in [0.25, 0.3) is 5.78 Å². The van der Waals surface area contributed by atoms with Crippen LogP contribution in [-0.2, 0) is 9.59 Å². The molecule has 0 spiro atoms. The Morgan fingerprint density at radius 3 is 2.58 bits per heavy atom. The number of carbonyl (C=O) groups is 2. The van der Waals surface area contributed by atoms with Crippen LogP contribution in [0.4, 0.5) is 5.13 Å². The molecule has 6 rings (SSSR count). The number of aliphatic hydroxyl groups is 1. The van der Waals surface area contributed by atoms with Crippen LogP contribution in [0.2, 0.25) is 0 Å². The van der Waals surface area contributed by atoms with Gasteiger partial charge >= 0.3 is 5.91 Å². The molecule has 1 fully saturated rings. The minimum absolute atomic E-state index is 0.0220. The normalized spacial score (nSPS) is 18.3. The lowest BCUT2D eigenvalue weighted by molar-refractivity contribution is -0.132. The van der Waals surface area contributed by atoms with Gasteiger partial charge < -0.3 is 19.3 Å². The van der Waals surface area contributed by atoms with Crippen molar-refractivity contribution in [3.8, 4) is 17.2 Å². The average molecular weight is 529 g/mol. The summed E-state index contributed by atoms with van der Waals surface area (Å²) in [6.07, 6.45) is 0. The lowest BCUT2D eigenvalue weighted by atomic mass is 9.95. The van der Waals surface area contributed by atoms with Gasteiger partial charge in [-0.1, -0.05) is 29.5 Å². The molecule has 1 amide bonds. The summed E-state index contributed by atoms with van der Waals surface area (Å²) in [6, 6.07) is 17.0. The number of benzene rings is 3. The zero-order valence-corrected chi connectivity index (χ0v) is 21.6. The van der Waals surface area contributed by atoms with Crippen molar-refractivity contribution in [2.45, 2.75) is 19.9 Å². The van der Waals surface area contributed by atoms with Gasteiger partial charge in [-0.25, -0.2) is 4.98 Å². The molecular formula is C29H24N2O6S. The van der Waals surface area contributed by atoms with Crippen molar-refractivity contribution in [3.63, 3.8) is 0 Å². The number of ether oxygens (including phenoxy) is 3. The number of thiazole rings is 1. The third kappa shape index (κ3) is 4.05. The Morgan fingerprint density at radius 2 is 1.82 bits per heavy atom. The van der Waals surface area contributed by atoms with Gasteiger partial charge in [0.15, 0.2) is 16.6 Å². The molecule has 1 saturated heterocycles. The van der Waals surface area contributed by atoms with Gasteiger partial charge in [-0.2, -0.15) is 0 Å². The van der Waals surface area contributed by atoms with E-state index in [4.69, 9.17) is 14.2 Å². The molecule has 1 aromatic heterocycles. The van der Waals surface area contributed by atoms with Crippen molar-refractivity contribution >= 4 is 44.1 Å². The van der Waals surface area contributed by atoms with Crippen LogP contribution in [0.25, 0.3) is 16.0 Å². The second-order valence-corrected chi connectivity index (χ2v) is 10.0. The van der Waals surface area contributed by atoms with E-state index in [0.29, 0.717) is 53.3 Å². The summed E-state index contributed by atoms with van der Waals surface area (Å²) in [5.41, 5.74) is 2.77. The van der Waals surface area contributed by atoms with Crippen molar-refractivity contribution in [1.82, 2.24) is 4.98 Å². The fourth-order valence-corrected chi connectivity index (χ4v) is 5.82. The zero-order chi connectivity index (χ0) is 26.4. The number of nitrogens with zero attached hydrogens (tertiary/aromatic N) is 2. The number of Topliss-reactive ketones (excluding diaryl/α,β-unsaturated/α-hetero) is 1. The molecule has 38 heavy (non-hydrogen) atoms. The van der Waals surface area contributed by atoms with E-state index < -0.39 is 17.7 Å². The predicted octanol–water partition coefficient (Wildman–Crippen LogP) is 5.40. The number of aromatic nitrogens is 1. The Hall–Kier alpha value is -4.37. The summed E-state index contributed by atoms with van der Waals surface area (Å²) in [6.45, 7) is 5.20. The summed E-state index contributed by atoms with van der Waals surface area (Å²) >= 11 is 1.33. The number of rotatable bonds is 5. The van der Waals surface area contributed by atoms with E-state index >= 15 is 0 Å². The SMILES string of the molecule is CCOc1ccc([C@H]2/C(=C(\O)c3ccc4c(c3)OCCO4)C(=O)C(=O)N2c2nc3ccc(C)cc3s2)cc1. The summed E-state index contributed by atoms with van der Waals surface area (Å²) < 4.78 is 17.7. The molecule has 0 bridgehead atoms. The molecule has 3 aromatic carbocycles. The first-order chi connectivity index (χ1) is 18.4. The summed E-state index contributed by atoms with van der Waals surface area (Å²) in [4.78, 5) is 33.1. The standard InChI is InChI=1S/C29H24N2O6S/c1-3-35-19-8-5-17(6-9-19)25-24(26(32)18-7-11-21-22(15-18)37-13-12-36-21)27(33)28(34)31(25)29-30-20-10-4-16(2)14-23(20)38-29/h4-11,14-15,25,32H,3,12-13H2,1-2H3/b26-24+/t25-/m0/s1. The first-order valence-corrected chi connectivity index (χ1v) is 13.1. The molecule has 8 nitrogen and oxygen atoms in total. The van der Waals surface area contributed by atoms with Gasteiger partial charge in [0, 0.05) is 5.56 Å². The highest BCUT2D eigenvalue weighted by atomic mass is 32.1. The number of aliphatic hydroxyl groups excluding tert-OH is 1. The zero-order valence-electron chi connectivity index (χ0n) is 20.8. The van der Waals surface area contributed by atoms with E-state index in [2.05, 4.69) is 4.98 Å². The van der Waals surface area contributed by atoms with E-state index in [1.807, 2.05) is 32.0 Å². The van der Waals surface area contributed by atoms with Crippen LogP contribution in [-0.4, -0.2) is 41.6 Å². The first-order valence-electron chi connectivity index (χ1n) is 12.3. The smallest absolute Gasteiger partial charge is 0.301 e. The molecule has 0 saturated carbocycles. The van der Waals surface area contributed by atoms with Gasteiger partial charge in [0.1, 0.15) is 24.7 Å².